The van der Waals surface area contributed by atoms with Crippen molar-refractivity contribution >= 4 is 0 Å². The van der Waals surface area contributed by atoms with E-state index < -0.39 is 0 Å². The first kappa shape index (κ1) is 10.2. The molecule has 0 saturated heterocycles. The molecule has 0 unspecified atom stereocenters. The van der Waals surface area contributed by atoms with Crippen molar-refractivity contribution in [3.05, 3.63) is 60.7 Å². The van der Waals surface area contributed by atoms with Crippen LogP contribution in [0.2, 0.25) is 0 Å². The molecular weight excluding hydrogens is 182 g/mol. The summed E-state index contributed by atoms with van der Waals surface area (Å²) in [6.45, 7) is 3.79. The zero-order valence-electron chi connectivity index (χ0n) is 8.89. The van der Waals surface area contributed by atoms with Gasteiger partial charge < -0.3 is 5.32 Å². The molecule has 0 aliphatic carbocycles. The summed E-state index contributed by atoms with van der Waals surface area (Å²) in [6.07, 6.45) is 8.64. The number of nitrogens with one attached hydrogen (secondary N) is 1. The Balaban J connectivity index is 2.08. The Hall–Kier alpha value is -1.34. The minimum Gasteiger partial charge on any atom is -0.303 e. The van der Waals surface area contributed by atoms with Gasteiger partial charge in [0.2, 0.25) is 0 Å². The minimum atomic E-state index is 0.366. The fraction of sp³-hybridized carbons (Fsp3) is 0.286. The van der Waals surface area contributed by atoms with E-state index in [1.54, 1.807) is 0 Å². The van der Waals surface area contributed by atoms with Gasteiger partial charge >= 0.3 is 0 Å². The average Bonchev–Trinajstić information content (AvgIpc) is 2.31. The lowest BCUT2D eigenvalue weighted by molar-refractivity contribution is 0.463. The van der Waals surface area contributed by atoms with Crippen molar-refractivity contribution in [3.8, 4) is 0 Å². The van der Waals surface area contributed by atoms with Gasteiger partial charge in [0.15, 0.2) is 0 Å². The van der Waals surface area contributed by atoms with Crippen LogP contribution in [0, 0.1) is 0 Å². The van der Waals surface area contributed by atoms with Crippen molar-refractivity contribution in [1.82, 2.24) is 5.32 Å². The normalized spacial score (nSPS) is 25.1. The summed E-state index contributed by atoms with van der Waals surface area (Å²) in [6, 6.07) is 11.5. The Morgan fingerprint density at radius 2 is 2.13 bits per heavy atom. The summed E-state index contributed by atoms with van der Waals surface area (Å²) >= 11 is 0. The van der Waals surface area contributed by atoms with Crippen LogP contribution in [0.15, 0.2) is 55.1 Å². The zero-order valence-corrected chi connectivity index (χ0v) is 8.89. The van der Waals surface area contributed by atoms with E-state index in [-0.39, 0.29) is 0 Å². The minimum absolute atomic E-state index is 0.366. The van der Waals surface area contributed by atoms with Crippen molar-refractivity contribution in [2.24, 2.45) is 0 Å². The lowest BCUT2D eigenvalue weighted by Crippen LogP contribution is -2.33. The van der Waals surface area contributed by atoms with Crippen LogP contribution in [0.25, 0.3) is 0 Å². The predicted molar refractivity (Wildman–Crippen MR) is 64.7 cm³/mol. The molecule has 0 bridgehead atoms. The second-order valence-corrected chi connectivity index (χ2v) is 3.94. The second kappa shape index (κ2) is 4.94. The molecule has 1 nitrogen and oxygen atoms in total. The summed E-state index contributed by atoms with van der Waals surface area (Å²) in [7, 11) is 0. The summed E-state index contributed by atoms with van der Waals surface area (Å²) in [5.41, 5.74) is 1.34. The van der Waals surface area contributed by atoms with Crippen LogP contribution in [0.3, 0.4) is 0 Å². The number of hydrogen-bond donors (Lipinski definition) is 1. The summed E-state index contributed by atoms with van der Waals surface area (Å²) in [4.78, 5) is 0. The molecule has 0 saturated carbocycles. The third kappa shape index (κ3) is 2.57. The van der Waals surface area contributed by atoms with Gasteiger partial charge in [0.25, 0.3) is 0 Å². The number of benzene rings is 1. The van der Waals surface area contributed by atoms with Gasteiger partial charge in [-0.25, -0.2) is 0 Å². The molecular formula is C14H17N. The maximum atomic E-state index is 3.79. The van der Waals surface area contributed by atoms with Gasteiger partial charge in [-0.2, -0.15) is 0 Å². The highest BCUT2D eigenvalue weighted by Crippen LogP contribution is 2.20. The van der Waals surface area contributed by atoms with Gasteiger partial charge in [0, 0.05) is 6.04 Å². The van der Waals surface area contributed by atoms with E-state index in [0.29, 0.717) is 12.1 Å². The highest BCUT2D eigenvalue weighted by Gasteiger charge is 2.16. The van der Waals surface area contributed by atoms with Crippen molar-refractivity contribution in [3.63, 3.8) is 0 Å². The predicted octanol–water partition coefficient (Wildman–Crippen LogP) is 3.22. The summed E-state index contributed by atoms with van der Waals surface area (Å²) in [5, 5.41) is 3.61. The molecule has 1 heteroatoms. The standard InChI is InChI=1S/C14H17N/c1-2-7-13-10-6-11-14(15-13)12-8-4-3-5-9-12/h2-6,8-9,11,13-15H,1,7,10H2/t13-,14+/m1/s1. The van der Waals surface area contributed by atoms with E-state index in [2.05, 4.69) is 54.4 Å². The third-order valence-corrected chi connectivity index (χ3v) is 2.77. The number of rotatable bonds is 3. The van der Waals surface area contributed by atoms with Gasteiger partial charge in [0.1, 0.15) is 0 Å². The fourth-order valence-corrected chi connectivity index (χ4v) is 1.99. The van der Waals surface area contributed by atoms with Gasteiger partial charge in [-0.05, 0) is 18.4 Å². The van der Waals surface area contributed by atoms with E-state index >= 15 is 0 Å². The van der Waals surface area contributed by atoms with E-state index in [0.717, 1.165) is 12.8 Å². The maximum absolute atomic E-state index is 3.79. The maximum Gasteiger partial charge on any atom is 0.0508 e. The summed E-state index contributed by atoms with van der Waals surface area (Å²) < 4.78 is 0. The van der Waals surface area contributed by atoms with Gasteiger partial charge in [-0.3, -0.25) is 0 Å². The fourth-order valence-electron chi connectivity index (χ4n) is 1.99. The first-order valence-electron chi connectivity index (χ1n) is 5.48. The molecule has 1 aromatic rings. The average molecular weight is 199 g/mol. The largest absolute Gasteiger partial charge is 0.303 e. The monoisotopic (exact) mass is 199 g/mol. The molecule has 1 heterocycles. The molecule has 2 atom stereocenters. The molecule has 0 amide bonds. The summed E-state index contributed by atoms with van der Waals surface area (Å²) in [5.74, 6) is 0. The quantitative estimate of drug-likeness (QED) is 0.737. The Morgan fingerprint density at radius 3 is 2.87 bits per heavy atom. The van der Waals surface area contributed by atoms with Crippen LogP contribution in [-0.2, 0) is 0 Å². The Kier molecular flexibility index (Phi) is 3.36. The molecule has 78 valence electrons. The molecule has 0 fully saturated rings. The Bertz CT molecular complexity index is 340. The Morgan fingerprint density at radius 1 is 1.33 bits per heavy atom. The van der Waals surface area contributed by atoms with Crippen LogP contribution in [0.4, 0.5) is 0 Å². The van der Waals surface area contributed by atoms with Gasteiger partial charge in [-0.15, -0.1) is 6.58 Å². The molecule has 1 aliphatic heterocycles. The molecule has 1 N–H and O–H groups in total. The molecule has 0 spiro atoms. The highest BCUT2D eigenvalue weighted by atomic mass is 15.0. The molecule has 0 radical (unpaired) electrons. The van der Waals surface area contributed by atoms with E-state index in [4.69, 9.17) is 0 Å². The van der Waals surface area contributed by atoms with E-state index in [9.17, 15) is 0 Å². The van der Waals surface area contributed by atoms with Crippen LogP contribution >= 0.6 is 0 Å². The van der Waals surface area contributed by atoms with Crippen molar-refractivity contribution in [1.29, 1.82) is 0 Å². The van der Waals surface area contributed by atoms with Gasteiger partial charge in [0.05, 0.1) is 6.04 Å². The van der Waals surface area contributed by atoms with Crippen molar-refractivity contribution in [2.45, 2.75) is 24.9 Å². The lowest BCUT2D eigenvalue weighted by atomic mass is 9.98. The molecule has 2 rings (SSSR count). The van der Waals surface area contributed by atoms with E-state index in [1.807, 2.05) is 6.08 Å². The topological polar surface area (TPSA) is 12.0 Å². The first-order chi connectivity index (χ1) is 7.40. The zero-order chi connectivity index (χ0) is 10.5. The van der Waals surface area contributed by atoms with Crippen molar-refractivity contribution < 1.29 is 0 Å². The Labute approximate surface area is 91.5 Å². The second-order valence-electron chi connectivity index (χ2n) is 3.94. The van der Waals surface area contributed by atoms with Crippen LogP contribution in [-0.4, -0.2) is 6.04 Å². The lowest BCUT2D eigenvalue weighted by Gasteiger charge is -2.26. The van der Waals surface area contributed by atoms with Gasteiger partial charge in [-0.1, -0.05) is 48.6 Å². The molecule has 1 aliphatic rings. The number of hydrogen-bond acceptors (Lipinski definition) is 1. The highest BCUT2D eigenvalue weighted by molar-refractivity contribution is 5.24. The SMILES string of the molecule is C=CC[C@@H]1CC=C[C@@H](c2ccccc2)N1. The van der Waals surface area contributed by atoms with Crippen molar-refractivity contribution in [2.75, 3.05) is 0 Å². The first-order valence-corrected chi connectivity index (χ1v) is 5.48. The molecule has 0 aromatic heterocycles. The van der Waals surface area contributed by atoms with Crippen LogP contribution in [0.5, 0.6) is 0 Å². The van der Waals surface area contributed by atoms with Crippen LogP contribution in [0.1, 0.15) is 24.4 Å². The molecule has 1 aromatic carbocycles. The smallest absolute Gasteiger partial charge is 0.0508 e. The van der Waals surface area contributed by atoms with Crippen LogP contribution < -0.4 is 5.32 Å². The van der Waals surface area contributed by atoms with E-state index in [1.165, 1.54) is 5.56 Å². The third-order valence-electron chi connectivity index (χ3n) is 2.77. The molecule has 15 heavy (non-hydrogen) atoms.